The molecule has 2 heterocycles. The molecule has 0 spiro atoms. The molecule has 0 atom stereocenters. The van der Waals surface area contributed by atoms with Gasteiger partial charge in [0.05, 0.1) is 18.6 Å². The molecule has 2 saturated heterocycles. The van der Waals surface area contributed by atoms with Crippen LogP contribution in [-0.4, -0.2) is 57.6 Å². The molecule has 26 heavy (non-hydrogen) atoms. The number of nitrogens with one attached hydrogen (secondary N) is 1. The Balaban J connectivity index is 1.78. The van der Waals surface area contributed by atoms with E-state index in [0.29, 0.717) is 43.2 Å². The maximum absolute atomic E-state index is 12.3. The van der Waals surface area contributed by atoms with E-state index in [1.54, 1.807) is 12.1 Å². The summed E-state index contributed by atoms with van der Waals surface area (Å²) in [6, 6.07) is 4.71. The maximum Gasteiger partial charge on any atom is 0.313 e. The van der Waals surface area contributed by atoms with E-state index in [1.165, 1.54) is 22.4 Å². The van der Waals surface area contributed by atoms with Crippen LogP contribution in [-0.2, 0) is 19.6 Å². The molecule has 1 N–H and O–H groups in total. The summed E-state index contributed by atoms with van der Waals surface area (Å²) in [5.41, 5.74) is 0.827. The minimum absolute atomic E-state index is 0.110. The largest absolute Gasteiger partial charge is 0.494 e. The van der Waals surface area contributed by atoms with Crippen molar-refractivity contribution in [2.45, 2.75) is 25.7 Å². The second-order valence-corrected chi connectivity index (χ2v) is 8.45. The molecule has 0 radical (unpaired) electrons. The first-order chi connectivity index (χ1) is 12.4. The van der Waals surface area contributed by atoms with Gasteiger partial charge in [-0.05, 0) is 37.8 Å². The van der Waals surface area contributed by atoms with Crippen molar-refractivity contribution in [3.8, 4) is 5.75 Å². The molecule has 9 heteroatoms. The molecule has 8 nitrogen and oxygen atoms in total. The monoisotopic (exact) mass is 381 g/mol. The lowest BCUT2D eigenvalue weighted by molar-refractivity contribution is -0.142. The summed E-state index contributed by atoms with van der Waals surface area (Å²) in [5, 5.41) is 2.57. The zero-order valence-electron chi connectivity index (χ0n) is 14.7. The SMILES string of the molecule is COc1cc(NC(=O)C(=O)N2CCCC2)ccc1N1CCCCS1(=O)=O. The summed E-state index contributed by atoms with van der Waals surface area (Å²) in [7, 11) is -1.92. The molecular formula is C17H23N3O5S. The number of carbonyl (C=O) groups excluding carboxylic acids is 2. The van der Waals surface area contributed by atoms with E-state index in [-0.39, 0.29) is 5.75 Å². The Labute approximate surface area is 153 Å². The molecule has 2 aliphatic heterocycles. The first kappa shape index (κ1) is 18.5. The number of amides is 2. The van der Waals surface area contributed by atoms with Gasteiger partial charge in [0.25, 0.3) is 0 Å². The highest BCUT2D eigenvalue weighted by Crippen LogP contribution is 2.34. The molecule has 0 unspecified atom stereocenters. The zero-order chi connectivity index (χ0) is 18.7. The van der Waals surface area contributed by atoms with Gasteiger partial charge in [-0.15, -0.1) is 0 Å². The minimum Gasteiger partial charge on any atom is -0.494 e. The zero-order valence-corrected chi connectivity index (χ0v) is 15.5. The van der Waals surface area contributed by atoms with Crippen molar-refractivity contribution >= 4 is 33.2 Å². The van der Waals surface area contributed by atoms with E-state index in [4.69, 9.17) is 4.74 Å². The van der Waals surface area contributed by atoms with Gasteiger partial charge in [0.1, 0.15) is 5.75 Å². The van der Waals surface area contributed by atoms with Gasteiger partial charge in [-0.3, -0.25) is 13.9 Å². The van der Waals surface area contributed by atoms with E-state index in [1.807, 2.05) is 0 Å². The highest BCUT2D eigenvalue weighted by molar-refractivity contribution is 7.92. The van der Waals surface area contributed by atoms with E-state index in [9.17, 15) is 18.0 Å². The lowest BCUT2D eigenvalue weighted by Gasteiger charge is -2.29. The molecule has 3 rings (SSSR count). The quantitative estimate of drug-likeness (QED) is 0.794. The average Bonchev–Trinajstić information content (AvgIpc) is 3.15. The van der Waals surface area contributed by atoms with Gasteiger partial charge < -0.3 is 15.0 Å². The average molecular weight is 381 g/mol. The second kappa shape index (κ2) is 7.53. The number of hydrogen-bond donors (Lipinski definition) is 1. The van der Waals surface area contributed by atoms with Crippen LogP contribution in [0, 0.1) is 0 Å². The highest BCUT2D eigenvalue weighted by atomic mass is 32.2. The number of ether oxygens (including phenoxy) is 1. The normalized spacial score (nSPS) is 19.3. The van der Waals surface area contributed by atoms with E-state index in [2.05, 4.69) is 5.32 Å². The van der Waals surface area contributed by atoms with Crippen LogP contribution in [0.15, 0.2) is 18.2 Å². The Morgan fingerprint density at radius 1 is 1.08 bits per heavy atom. The number of carbonyl (C=O) groups is 2. The molecule has 0 bridgehead atoms. The van der Waals surface area contributed by atoms with E-state index >= 15 is 0 Å². The van der Waals surface area contributed by atoms with Crippen LogP contribution < -0.4 is 14.4 Å². The van der Waals surface area contributed by atoms with Gasteiger partial charge in [0.2, 0.25) is 10.0 Å². The third-order valence-corrected chi connectivity index (χ3v) is 6.50. The maximum atomic E-state index is 12.3. The minimum atomic E-state index is -3.36. The molecule has 0 saturated carbocycles. The number of sulfonamides is 1. The van der Waals surface area contributed by atoms with E-state index < -0.39 is 21.8 Å². The van der Waals surface area contributed by atoms with Crippen LogP contribution >= 0.6 is 0 Å². The lowest BCUT2D eigenvalue weighted by atomic mass is 10.2. The summed E-state index contributed by atoms with van der Waals surface area (Å²) < 4.78 is 31.3. The summed E-state index contributed by atoms with van der Waals surface area (Å²) in [5.74, 6) is -0.808. The Morgan fingerprint density at radius 2 is 1.77 bits per heavy atom. The summed E-state index contributed by atoms with van der Waals surface area (Å²) >= 11 is 0. The summed E-state index contributed by atoms with van der Waals surface area (Å²) in [4.78, 5) is 25.8. The molecule has 0 aliphatic carbocycles. The van der Waals surface area contributed by atoms with Crippen LogP contribution in [0.5, 0.6) is 5.75 Å². The molecule has 2 fully saturated rings. The number of likely N-dealkylation sites (tertiary alicyclic amines) is 1. The third kappa shape index (κ3) is 3.77. The number of hydrogen-bond acceptors (Lipinski definition) is 5. The first-order valence-electron chi connectivity index (χ1n) is 8.71. The molecule has 1 aromatic carbocycles. The van der Waals surface area contributed by atoms with Gasteiger partial charge in [0, 0.05) is 31.4 Å². The lowest BCUT2D eigenvalue weighted by Crippen LogP contribution is -2.38. The van der Waals surface area contributed by atoms with Gasteiger partial charge in [-0.1, -0.05) is 0 Å². The smallest absolute Gasteiger partial charge is 0.313 e. The molecule has 2 amide bonds. The Bertz CT molecular complexity index is 803. The van der Waals surface area contributed by atoms with Gasteiger partial charge in [-0.2, -0.15) is 0 Å². The van der Waals surface area contributed by atoms with Crippen molar-refractivity contribution in [1.82, 2.24) is 4.90 Å². The number of anilines is 2. The van der Waals surface area contributed by atoms with Crippen LogP contribution in [0.4, 0.5) is 11.4 Å². The standard InChI is InChI=1S/C17H23N3O5S/c1-25-15-12-13(18-16(21)17(22)19-8-2-3-9-19)6-7-14(15)20-10-4-5-11-26(20,23)24/h6-7,12H,2-5,8-11H2,1H3,(H,18,21). The predicted molar refractivity (Wildman–Crippen MR) is 97.8 cm³/mol. The van der Waals surface area contributed by atoms with Crippen LogP contribution in [0.2, 0.25) is 0 Å². The molecular weight excluding hydrogens is 358 g/mol. The van der Waals surface area contributed by atoms with Crippen molar-refractivity contribution in [3.63, 3.8) is 0 Å². The topological polar surface area (TPSA) is 96.0 Å². The first-order valence-corrected chi connectivity index (χ1v) is 10.3. The molecule has 0 aromatic heterocycles. The van der Waals surface area contributed by atoms with Crippen molar-refractivity contribution in [2.75, 3.05) is 42.1 Å². The van der Waals surface area contributed by atoms with Crippen LogP contribution in [0.1, 0.15) is 25.7 Å². The fourth-order valence-electron chi connectivity index (χ4n) is 3.27. The van der Waals surface area contributed by atoms with Crippen LogP contribution in [0.3, 0.4) is 0 Å². The summed E-state index contributed by atoms with van der Waals surface area (Å²) in [6.45, 7) is 1.60. The predicted octanol–water partition coefficient (Wildman–Crippen LogP) is 1.19. The third-order valence-electron chi connectivity index (χ3n) is 4.64. The second-order valence-electron chi connectivity index (χ2n) is 6.44. The number of nitrogens with zero attached hydrogens (tertiary/aromatic N) is 2. The number of rotatable bonds is 3. The Kier molecular flexibility index (Phi) is 5.36. The van der Waals surface area contributed by atoms with E-state index in [0.717, 1.165) is 19.3 Å². The van der Waals surface area contributed by atoms with Crippen molar-refractivity contribution in [2.24, 2.45) is 0 Å². The van der Waals surface area contributed by atoms with Gasteiger partial charge >= 0.3 is 11.8 Å². The van der Waals surface area contributed by atoms with Crippen molar-refractivity contribution in [3.05, 3.63) is 18.2 Å². The number of benzene rings is 1. The molecule has 142 valence electrons. The Hall–Kier alpha value is -2.29. The van der Waals surface area contributed by atoms with Crippen LogP contribution in [0.25, 0.3) is 0 Å². The van der Waals surface area contributed by atoms with Crippen molar-refractivity contribution in [1.29, 1.82) is 0 Å². The Morgan fingerprint density at radius 3 is 2.42 bits per heavy atom. The van der Waals surface area contributed by atoms with Gasteiger partial charge in [-0.25, -0.2) is 8.42 Å². The highest BCUT2D eigenvalue weighted by Gasteiger charge is 2.29. The fourth-order valence-corrected chi connectivity index (χ4v) is 4.92. The summed E-state index contributed by atoms with van der Waals surface area (Å²) in [6.07, 6.45) is 3.25. The van der Waals surface area contributed by atoms with Crippen molar-refractivity contribution < 1.29 is 22.7 Å². The number of methoxy groups -OCH3 is 1. The molecule has 1 aromatic rings. The van der Waals surface area contributed by atoms with Gasteiger partial charge in [0.15, 0.2) is 0 Å². The fraction of sp³-hybridized carbons (Fsp3) is 0.529. The molecule has 2 aliphatic rings.